The molecule has 3 unspecified atom stereocenters. The van der Waals surface area contributed by atoms with Gasteiger partial charge in [-0.15, -0.1) is 5.73 Å². The Kier molecular flexibility index (Phi) is 10.1. The molecule has 5 aromatic rings. The molecule has 2 aromatic heterocycles. The van der Waals surface area contributed by atoms with Crippen LogP contribution in [0, 0.1) is 18.8 Å². The van der Waals surface area contributed by atoms with Gasteiger partial charge in [0.15, 0.2) is 0 Å². The highest BCUT2D eigenvalue weighted by Crippen LogP contribution is 2.40. The average molecular weight is 741 g/mol. The van der Waals surface area contributed by atoms with Crippen molar-refractivity contribution in [1.82, 2.24) is 9.47 Å². The normalized spacial score (nSPS) is 22.3. The molecule has 280 valence electrons. The molecule has 0 N–H and O–H groups in total. The number of allylic oxidation sites excluding steroid dienone is 19. The second-order valence-corrected chi connectivity index (χ2v) is 15.4. The van der Waals surface area contributed by atoms with Crippen molar-refractivity contribution in [2.45, 2.75) is 39.7 Å². The van der Waals surface area contributed by atoms with E-state index in [1.165, 1.54) is 60.8 Å². The van der Waals surface area contributed by atoms with Crippen molar-refractivity contribution in [3.63, 3.8) is 0 Å². The Bertz CT molecular complexity index is 2800. The summed E-state index contributed by atoms with van der Waals surface area (Å²) in [6, 6.07) is 24.1. The fourth-order valence-electron chi connectivity index (χ4n) is 8.77. The summed E-state index contributed by atoms with van der Waals surface area (Å²) in [5.41, 5.74) is 16.7. The van der Waals surface area contributed by atoms with Crippen LogP contribution in [0.1, 0.15) is 37.0 Å². The lowest BCUT2D eigenvalue weighted by molar-refractivity contribution is 0.246. The maximum Gasteiger partial charge on any atom is 0.213 e. The van der Waals surface area contributed by atoms with Gasteiger partial charge in [-0.1, -0.05) is 140 Å². The van der Waals surface area contributed by atoms with Gasteiger partial charge >= 0.3 is 0 Å². The summed E-state index contributed by atoms with van der Waals surface area (Å²) in [4.78, 5) is 2.55. The number of benzene rings is 3. The van der Waals surface area contributed by atoms with E-state index in [-0.39, 0.29) is 0 Å². The van der Waals surface area contributed by atoms with Crippen LogP contribution in [0.25, 0.3) is 44.7 Å². The number of aromatic nitrogens is 1. The quantitative estimate of drug-likeness (QED) is 0.172. The van der Waals surface area contributed by atoms with Gasteiger partial charge in [-0.05, 0) is 110 Å². The zero-order valence-electron chi connectivity index (χ0n) is 33.0. The van der Waals surface area contributed by atoms with Crippen LogP contribution >= 0.6 is 0 Å². The zero-order valence-corrected chi connectivity index (χ0v) is 33.0. The highest BCUT2D eigenvalue weighted by molar-refractivity contribution is 6.20. The minimum Gasteiger partial charge on any atom is -0.439 e. The third-order valence-electron chi connectivity index (χ3n) is 11.8. The van der Waals surface area contributed by atoms with Gasteiger partial charge in [-0.25, -0.2) is 0 Å². The molecule has 3 nitrogen and oxygen atoms in total. The molecule has 3 aromatic carbocycles. The van der Waals surface area contributed by atoms with Gasteiger partial charge in [0.25, 0.3) is 0 Å². The van der Waals surface area contributed by atoms with E-state index in [1.54, 1.807) is 0 Å². The second-order valence-electron chi connectivity index (χ2n) is 15.4. The summed E-state index contributed by atoms with van der Waals surface area (Å²) < 4.78 is 8.65. The summed E-state index contributed by atoms with van der Waals surface area (Å²) in [5, 5.41) is 3.59. The predicted molar refractivity (Wildman–Crippen MR) is 242 cm³/mol. The summed E-state index contributed by atoms with van der Waals surface area (Å²) in [7, 11) is 0. The smallest absolute Gasteiger partial charge is 0.213 e. The van der Waals surface area contributed by atoms with Gasteiger partial charge in [0, 0.05) is 46.6 Å². The van der Waals surface area contributed by atoms with E-state index in [9.17, 15) is 0 Å². The third-order valence-corrected chi connectivity index (χ3v) is 11.8. The molecule has 4 aliphatic carbocycles. The molecule has 3 heteroatoms. The Hall–Kier alpha value is -6.54. The maximum absolute atomic E-state index is 6.40. The Balaban J connectivity index is 0.000000148. The summed E-state index contributed by atoms with van der Waals surface area (Å²) in [5.74, 6) is 0.733. The predicted octanol–water partition coefficient (Wildman–Crippen LogP) is 13.5. The van der Waals surface area contributed by atoms with Crippen molar-refractivity contribution < 1.29 is 4.42 Å². The van der Waals surface area contributed by atoms with E-state index in [0.717, 1.165) is 36.4 Å². The maximum atomic E-state index is 6.40. The second kappa shape index (κ2) is 15.9. The third kappa shape index (κ3) is 7.19. The van der Waals surface area contributed by atoms with Crippen LogP contribution in [-0.4, -0.2) is 22.1 Å². The van der Waals surface area contributed by atoms with Gasteiger partial charge in [-0.2, -0.15) is 0 Å². The standard InChI is InChI=1S/C28H29N.C26H19NO/c1-22-13-6-5-8-18-27(22)28-19-7-3-4-11-20-29(23(28)2)26-17-12-16-24-14-9-10-15-25(24)21-26;1-17-10-15-22-24(16-17)28-26-25(22)21-8-4-5-9-23(21)27(26)20-13-11-18-6-2-3-7-19(18)12-14-20/h3-12,14-15,17-18,21,23,28H,16,19-20H2,1-2H3;2-16,18H,1H3/b7-3-,11-4-;. The number of nitrogens with zero attached hydrogens (tertiary/aromatic N) is 2. The fraction of sp³-hybridized carbons (Fsp3) is 0.167. The molecular weight excluding hydrogens is 693 g/mol. The van der Waals surface area contributed by atoms with Crippen LogP contribution in [0.3, 0.4) is 0 Å². The number of fused-ring (bicyclic) bond motifs is 7. The molecule has 0 saturated carbocycles. The van der Waals surface area contributed by atoms with Gasteiger partial charge in [0.05, 0.1) is 10.9 Å². The molecular formula is C54H48N2O. The molecule has 0 spiro atoms. The molecule has 0 saturated heterocycles. The molecule has 0 radical (unpaired) electrons. The SMILES string of the molecule is CC1=C=CC=CC=C1C1C/C=C\C=C/CN(C2=Cc3ccccc3CC=C2)C1C.Cc1ccc2c(c1)oc1c2c2ccccc2n1C1=CC=C2C=CC=CC2C=C1. The largest absolute Gasteiger partial charge is 0.439 e. The van der Waals surface area contributed by atoms with E-state index in [0.29, 0.717) is 17.9 Å². The van der Waals surface area contributed by atoms with Crippen molar-refractivity contribution in [1.29, 1.82) is 0 Å². The van der Waals surface area contributed by atoms with Gasteiger partial charge in [0.1, 0.15) is 5.58 Å². The Morgan fingerprint density at radius 3 is 2.56 bits per heavy atom. The molecule has 57 heavy (non-hydrogen) atoms. The topological polar surface area (TPSA) is 21.3 Å². The first kappa shape index (κ1) is 36.1. The van der Waals surface area contributed by atoms with Crippen molar-refractivity contribution in [3.8, 4) is 0 Å². The number of para-hydroxylation sites is 1. The first-order valence-electron chi connectivity index (χ1n) is 20.3. The lowest BCUT2D eigenvalue weighted by atomic mass is 9.84. The minimum atomic E-state index is 0.328. The van der Waals surface area contributed by atoms with Crippen LogP contribution in [0.5, 0.6) is 0 Å². The van der Waals surface area contributed by atoms with Gasteiger partial charge < -0.3 is 9.32 Å². The van der Waals surface area contributed by atoms with Crippen LogP contribution in [-0.2, 0) is 6.42 Å². The van der Waals surface area contributed by atoms with Crippen LogP contribution in [0.15, 0.2) is 209 Å². The lowest BCUT2D eigenvalue weighted by Crippen LogP contribution is -2.38. The molecule has 3 heterocycles. The number of hydrogen-bond acceptors (Lipinski definition) is 2. The minimum absolute atomic E-state index is 0.328. The van der Waals surface area contributed by atoms with Gasteiger partial charge in [0.2, 0.25) is 5.71 Å². The Morgan fingerprint density at radius 1 is 0.737 bits per heavy atom. The van der Waals surface area contributed by atoms with Gasteiger partial charge in [-0.3, -0.25) is 4.57 Å². The highest BCUT2D eigenvalue weighted by Gasteiger charge is 2.28. The van der Waals surface area contributed by atoms with Crippen LogP contribution in [0.4, 0.5) is 0 Å². The number of aryl methyl sites for hydroxylation is 1. The molecule has 5 aliphatic rings. The molecule has 0 fully saturated rings. The van der Waals surface area contributed by atoms with Crippen molar-refractivity contribution >= 4 is 44.7 Å². The van der Waals surface area contributed by atoms with E-state index in [1.807, 2.05) is 6.08 Å². The monoisotopic (exact) mass is 740 g/mol. The Labute approximate surface area is 336 Å². The van der Waals surface area contributed by atoms with E-state index in [4.69, 9.17) is 4.42 Å². The van der Waals surface area contributed by atoms with Crippen molar-refractivity contribution in [3.05, 3.63) is 221 Å². The summed E-state index contributed by atoms with van der Waals surface area (Å²) in [6.07, 6.45) is 43.9. The summed E-state index contributed by atoms with van der Waals surface area (Å²) in [6.45, 7) is 7.56. The number of hydrogen-bond donors (Lipinski definition) is 0. The van der Waals surface area contributed by atoms with Crippen molar-refractivity contribution in [2.75, 3.05) is 6.54 Å². The molecule has 10 rings (SSSR count). The van der Waals surface area contributed by atoms with E-state index < -0.39 is 0 Å². The lowest BCUT2D eigenvalue weighted by Gasteiger charge is -2.37. The first-order valence-corrected chi connectivity index (χ1v) is 20.3. The molecule has 0 bridgehead atoms. The van der Waals surface area contributed by atoms with Crippen LogP contribution in [0.2, 0.25) is 0 Å². The fourth-order valence-corrected chi connectivity index (χ4v) is 8.77. The van der Waals surface area contributed by atoms with E-state index >= 15 is 0 Å². The first-order chi connectivity index (χ1) is 28.0. The molecule has 0 amide bonds. The van der Waals surface area contributed by atoms with E-state index in [2.05, 4.69) is 212 Å². The molecule has 3 atom stereocenters. The Morgan fingerprint density at radius 2 is 1.61 bits per heavy atom. The zero-order chi connectivity index (χ0) is 38.7. The summed E-state index contributed by atoms with van der Waals surface area (Å²) >= 11 is 0. The number of furan rings is 1. The van der Waals surface area contributed by atoms with Crippen molar-refractivity contribution in [2.24, 2.45) is 11.8 Å². The highest BCUT2D eigenvalue weighted by atomic mass is 16.3. The average Bonchev–Trinajstić information content (AvgIpc) is 3.43. The van der Waals surface area contributed by atoms with Crippen LogP contribution < -0.4 is 0 Å². The number of rotatable bonds is 3. The molecule has 1 aliphatic heterocycles.